The van der Waals surface area contributed by atoms with Gasteiger partial charge < -0.3 is 10.4 Å². The molecule has 106 valence electrons. The number of fused-ring (bicyclic) bond motifs is 1. The molecule has 0 heterocycles. The van der Waals surface area contributed by atoms with Crippen LogP contribution >= 0.6 is 0 Å². The molecule has 2 atom stereocenters. The van der Waals surface area contributed by atoms with E-state index in [-0.39, 0.29) is 6.04 Å². The summed E-state index contributed by atoms with van der Waals surface area (Å²) in [6.07, 6.45) is 4.03. The zero-order chi connectivity index (χ0) is 14.1. The molecule has 1 aliphatic rings. The van der Waals surface area contributed by atoms with Crippen LogP contribution in [0.1, 0.15) is 44.7 Å². The lowest BCUT2D eigenvalue weighted by atomic mass is 10.00. The Bertz CT molecular complexity index is 603. The highest BCUT2D eigenvalue weighted by atomic mass is 16.3. The molecule has 20 heavy (non-hydrogen) atoms. The number of hydrogen-bond donors (Lipinski definition) is 2. The Balaban J connectivity index is 1.79. The van der Waals surface area contributed by atoms with Crippen molar-refractivity contribution in [2.45, 2.75) is 45.2 Å². The lowest BCUT2D eigenvalue weighted by molar-refractivity contribution is 0.418. The van der Waals surface area contributed by atoms with Crippen molar-refractivity contribution in [1.82, 2.24) is 5.32 Å². The predicted molar refractivity (Wildman–Crippen MR) is 84.0 cm³/mol. The van der Waals surface area contributed by atoms with E-state index in [1.807, 2.05) is 30.3 Å². The van der Waals surface area contributed by atoms with Crippen LogP contribution < -0.4 is 5.32 Å². The van der Waals surface area contributed by atoms with E-state index in [4.69, 9.17) is 0 Å². The number of benzene rings is 2. The van der Waals surface area contributed by atoms with Crippen LogP contribution in [0.5, 0.6) is 5.75 Å². The van der Waals surface area contributed by atoms with Gasteiger partial charge >= 0.3 is 0 Å². The topological polar surface area (TPSA) is 32.3 Å². The number of rotatable bonds is 5. The molecular formula is C18H23NO. The zero-order valence-electron chi connectivity index (χ0n) is 12.3. The van der Waals surface area contributed by atoms with Gasteiger partial charge in [-0.15, -0.1) is 0 Å². The highest BCUT2D eigenvalue weighted by Crippen LogP contribution is 2.35. The minimum absolute atomic E-state index is 0.174. The average molecular weight is 269 g/mol. The third-order valence-electron chi connectivity index (χ3n) is 4.32. The molecular weight excluding hydrogens is 246 g/mol. The molecule has 2 unspecified atom stereocenters. The minimum Gasteiger partial charge on any atom is -0.507 e. The number of aromatic hydroxyl groups is 1. The number of phenols is 1. The maximum absolute atomic E-state index is 10.5. The summed E-state index contributed by atoms with van der Waals surface area (Å²) >= 11 is 0. The summed E-state index contributed by atoms with van der Waals surface area (Å²) in [7, 11) is 0. The molecule has 0 bridgehead atoms. The van der Waals surface area contributed by atoms with E-state index in [2.05, 4.69) is 25.2 Å². The molecule has 2 aromatic rings. The number of hydrogen-bond acceptors (Lipinski definition) is 2. The van der Waals surface area contributed by atoms with Gasteiger partial charge in [-0.25, -0.2) is 0 Å². The van der Waals surface area contributed by atoms with Crippen LogP contribution in [0.2, 0.25) is 0 Å². The normalized spacial score (nSPS) is 18.1. The highest BCUT2D eigenvalue weighted by Gasteiger charge is 2.24. The first-order chi connectivity index (χ1) is 9.65. The summed E-state index contributed by atoms with van der Waals surface area (Å²) in [6.45, 7) is 4.38. The van der Waals surface area contributed by atoms with Crippen LogP contribution in [-0.4, -0.2) is 11.1 Å². The standard InChI is InChI=1S/C18H23NO/c1-12(11-14-7-8-14)19-13(2)16-10-9-15-5-3-4-6-17(15)18(16)20/h3-6,9-10,12-14,19-20H,7-8,11H2,1-2H3. The molecule has 1 aliphatic carbocycles. The highest BCUT2D eigenvalue weighted by molar-refractivity contribution is 5.89. The first-order valence-electron chi connectivity index (χ1n) is 7.62. The summed E-state index contributed by atoms with van der Waals surface area (Å²) in [6, 6.07) is 12.8. The van der Waals surface area contributed by atoms with Crippen LogP contribution in [0.15, 0.2) is 36.4 Å². The predicted octanol–water partition coefficient (Wildman–Crippen LogP) is 4.38. The van der Waals surface area contributed by atoms with E-state index >= 15 is 0 Å². The molecule has 2 N–H and O–H groups in total. The van der Waals surface area contributed by atoms with Crippen LogP contribution in [0, 0.1) is 5.92 Å². The Morgan fingerprint density at radius 2 is 1.90 bits per heavy atom. The Kier molecular flexibility index (Phi) is 3.66. The van der Waals surface area contributed by atoms with E-state index in [9.17, 15) is 5.11 Å². The van der Waals surface area contributed by atoms with Gasteiger partial charge in [-0.3, -0.25) is 0 Å². The maximum Gasteiger partial charge on any atom is 0.128 e. The number of phenolic OH excluding ortho intramolecular Hbond substituents is 1. The largest absolute Gasteiger partial charge is 0.507 e. The van der Waals surface area contributed by atoms with Crippen LogP contribution in [0.25, 0.3) is 10.8 Å². The molecule has 3 rings (SSSR count). The average Bonchev–Trinajstić information content (AvgIpc) is 3.23. The Morgan fingerprint density at radius 3 is 2.65 bits per heavy atom. The maximum atomic E-state index is 10.5. The van der Waals surface area contributed by atoms with Gasteiger partial charge in [0, 0.05) is 23.0 Å². The minimum atomic E-state index is 0.174. The molecule has 0 aromatic heterocycles. The fraction of sp³-hybridized carbons (Fsp3) is 0.444. The molecule has 0 spiro atoms. The Morgan fingerprint density at radius 1 is 1.15 bits per heavy atom. The van der Waals surface area contributed by atoms with E-state index < -0.39 is 0 Å². The Hall–Kier alpha value is -1.54. The van der Waals surface area contributed by atoms with Gasteiger partial charge in [0.25, 0.3) is 0 Å². The first-order valence-corrected chi connectivity index (χ1v) is 7.62. The third-order valence-corrected chi connectivity index (χ3v) is 4.32. The molecule has 2 heteroatoms. The lowest BCUT2D eigenvalue weighted by Crippen LogP contribution is -2.29. The van der Waals surface area contributed by atoms with Crippen LogP contribution in [0.3, 0.4) is 0 Å². The van der Waals surface area contributed by atoms with Gasteiger partial charge in [-0.2, -0.15) is 0 Å². The van der Waals surface area contributed by atoms with Crippen molar-refractivity contribution in [1.29, 1.82) is 0 Å². The molecule has 2 nitrogen and oxygen atoms in total. The fourth-order valence-corrected chi connectivity index (χ4v) is 3.06. The van der Waals surface area contributed by atoms with Crippen molar-refractivity contribution in [2.24, 2.45) is 5.92 Å². The second-order valence-electron chi connectivity index (χ2n) is 6.19. The molecule has 1 saturated carbocycles. The molecule has 0 saturated heterocycles. The van der Waals surface area contributed by atoms with Crippen LogP contribution in [-0.2, 0) is 0 Å². The molecule has 0 amide bonds. The Labute approximate surface area is 120 Å². The fourth-order valence-electron chi connectivity index (χ4n) is 3.06. The number of nitrogens with one attached hydrogen (secondary N) is 1. The van der Waals surface area contributed by atoms with Crippen LogP contribution in [0.4, 0.5) is 0 Å². The second kappa shape index (κ2) is 5.45. The van der Waals surface area contributed by atoms with E-state index in [0.29, 0.717) is 11.8 Å². The van der Waals surface area contributed by atoms with Gasteiger partial charge in [0.1, 0.15) is 5.75 Å². The van der Waals surface area contributed by atoms with Crippen molar-refractivity contribution < 1.29 is 5.11 Å². The second-order valence-corrected chi connectivity index (χ2v) is 6.19. The smallest absolute Gasteiger partial charge is 0.128 e. The van der Waals surface area contributed by atoms with Crippen molar-refractivity contribution >= 4 is 10.8 Å². The van der Waals surface area contributed by atoms with E-state index in [0.717, 1.165) is 22.3 Å². The van der Waals surface area contributed by atoms with Gasteiger partial charge in [-0.05, 0) is 31.6 Å². The molecule has 0 radical (unpaired) electrons. The van der Waals surface area contributed by atoms with Crippen molar-refractivity contribution in [3.8, 4) is 5.75 Å². The molecule has 0 aliphatic heterocycles. The summed E-state index contributed by atoms with van der Waals surface area (Å²) in [4.78, 5) is 0. The van der Waals surface area contributed by atoms with Crippen molar-refractivity contribution in [3.63, 3.8) is 0 Å². The van der Waals surface area contributed by atoms with Crippen molar-refractivity contribution in [3.05, 3.63) is 42.0 Å². The summed E-state index contributed by atoms with van der Waals surface area (Å²) in [5, 5.41) is 16.1. The van der Waals surface area contributed by atoms with E-state index in [1.165, 1.54) is 19.3 Å². The van der Waals surface area contributed by atoms with Gasteiger partial charge in [0.2, 0.25) is 0 Å². The summed E-state index contributed by atoms with van der Waals surface area (Å²) in [5.74, 6) is 1.34. The van der Waals surface area contributed by atoms with Gasteiger partial charge in [0.05, 0.1) is 0 Å². The SMILES string of the molecule is CC(CC1CC1)NC(C)c1ccc2ccccc2c1O. The van der Waals surface area contributed by atoms with Gasteiger partial charge in [0.15, 0.2) is 0 Å². The molecule has 1 fully saturated rings. The monoisotopic (exact) mass is 269 g/mol. The summed E-state index contributed by atoms with van der Waals surface area (Å²) in [5.41, 5.74) is 0.992. The third kappa shape index (κ3) is 2.80. The van der Waals surface area contributed by atoms with Gasteiger partial charge in [-0.1, -0.05) is 49.2 Å². The lowest BCUT2D eigenvalue weighted by Gasteiger charge is -2.21. The first kappa shape index (κ1) is 13.4. The van der Waals surface area contributed by atoms with Crippen molar-refractivity contribution in [2.75, 3.05) is 0 Å². The van der Waals surface area contributed by atoms with E-state index in [1.54, 1.807) is 0 Å². The quantitative estimate of drug-likeness (QED) is 0.844. The zero-order valence-corrected chi connectivity index (χ0v) is 12.3. The summed E-state index contributed by atoms with van der Waals surface area (Å²) < 4.78 is 0. The molecule has 2 aromatic carbocycles.